The van der Waals surface area contributed by atoms with Crippen LogP contribution in [0, 0.1) is 5.92 Å². The summed E-state index contributed by atoms with van der Waals surface area (Å²) >= 11 is 5.65. The molecule has 15 heavy (non-hydrogen) atoms. The maximum absolute atomic E-state index is 5.65. The molecule has 0 spiro atoms. The van der Waals surface area contributed by atoms with E-state index < -0.39 is 0 Å². The monoisotopic (exact) mass is 229 g/mol. The lowest BCUT2D eigenvalue weighted by atomic mass is 10.4. The van der Waals surface area contributed by atoms with Crippen LogP contribution in [0.2, 0.25) is 5.22 Å². The van der Waals surface area contributed by atoms with Crippen molar-refractivity contribution in [2.45, 2.75) is 19.4 Å². The summed E-state index contributed by atoms with van der Waals surface area (Å²) in [5.74, 6) is 1.70. The van der Waals surface area contributed by atoms with Crippen LogP contribution in [0.1, 0.15) is 18.6 Å². The van der Waals surface area contributed by atoms with E-state index in [1.807, 2.05) is 6.07 Å². The fraction of sp³-hybridized carbons (Fsp3) is 0.636. The summed E-state index contributed by atoms with van der Waals surface area (Å²) in [5.41, 5.74) is 0. The first-order valence-corrected chi connectivity index (χ1v) is 5.75. The highest BCUT2D eigenvalue weighted by Gasteiger charge is 2.20. The van der Waals surface area contributed by atoms with Crippen LogP contribution in [0.3, 0.4) is 0 Å². The third-order valence-corrected chi connectivity index (χ3v) is 2.60. The van der Waals surface area contributed by atoms with E-state index in [-0.39, 0.29) is 0 Å². The Bertz CT molecular complexity index is 297. The lowest BCUT2D eigenvalue weighted by Crippen LogP contribution is -2.19. The first-order chi connectivity index (χ1) is 7.34. The van der Waals surface area contributed by atoms with Crippen molar-refractivity contribution in [3.8, 4) is 0 Å². The lowest BCUT2D eigenvalue weighted by Gasteiger charge is -2.03. The number of hydrogen-bond donors (Lipinski definition) is 1. The number of hydrogen-bond acceptors (Lipinski definition) is 3. The molecule has 0 saturated heterocycles. The molecule has 0 bridgehead atoms. The molecule has 1 fully saturated rings. The van der Waals surface area contributed by atoms with E-state index in [0.717, 1.165) is 31.4 Å². The van der Waals surface area contributed by atoms with Gasteiger partial charge in [-0.2, -0.15) is 0 Å². The summed E-state index contributed by atoms with van der Waals surface area (Å²) in [6.07, 6.45) is 2.69. The minimum Gasteiger partial charge on any atom is -0.448 e. The second-order valence-corrected chi connectivity index (χ2v) is 4.27. The van der Waals surface area contributed by atoms with E-state index in [4.69, 9.17) is 20.8 Å². The van der Waals surface area contributed by atoms with E-state index in [2.05, 4.69) is 5.32 Å². The third kappa shape index (κ3) is 4.24. The molecule has 1 saturated carbocycles. The van der Waals surface area contributed by atoms with Crippen molar-refractivity contribution in [2.75, 3.05) is 19.8 Å². The van der Waals surface area contributed by atoms with Gasteiger partial charge in [0.05, 0.1) is 13.2 Å². The van der Waals surface area contributed by atoms with Gasteiger partial charge >= 0.3 is 0 Å². The molecule has 1 aliphatic rings. The largest absolute Gasteiger partial charge is 0.448 e. The highest BCUT2D eigenvalue weighted by Crippen LogP contribution is 2.28. The molecule has 3 nitrogen and oxygen atoms in total. The molecule has 1 aliphatic carbocycles. The Labute approximate surface area is 94.7 Å². The van der Waals surface area contributed by atoms with Crippen LogP contribution in [0.25, 0.3) is 0 Å². The third-order valence-electron chi connectivity index (χ3n) is 2.40. The highest BCUT2D eigenvalue weighted by atomic mass is 35.5. The fourth-order valence-corrected chi connectivity index (χ4v) is 1.50. The van der Waals surface area contributed by atoms with Crippen molar-refractivity contribution in [1.29, 1.82) is 0 Å². The first kappa shape index (κ1) is 11.0. The summed E-state index contributed by atoms with van der Waals surface area (Å²) in [5, 5.41) is 3.67. The van der Waals surface area contributed by atoms with Gasteiger partial charge in [-0.15, -0.1) is 0 Å². The van der Waals surface area contributed by atoms with Crippen molar-refractivity contribution in [1.82, 2.24) is 5.32 Å². The number of furan rings is 1. The van der Waals surface area contributed by atoms with Crippen LogP contribution >= 0.6 is 11.6 Å². The van der Waals surface area contributed by atoms with Gasteiger partial charge in [0, 0.05) is 13.2 Å². The number of rotatable bonds is 7. The van der Waals surface area contributed by atoms with Gasteiger partial charge in [-0.05, 0) is 42.5 Å². The highest BCUT2D eigenvalue weighted by molar-refractivity contribution is 6.28. The van der Waals surface area contributed by atoms with Gasteiger partial charge in [0.15, 0.2) is 5.22 Å². The average molecular weight is 230 g/mol. The maximum Gasteiger partial charge on any atom is 0.193 e. The minimum atomic E-state index is 0.441. The molecular weight excluding hydrogens is 214 g/mol. The molecular formula is C11H16ClNO2. The normalized spacial score (nSPS) is 15.8. The van der Waals surface area contributed by atoms with Crippen LogP contribution in [-0.2, 0) is 11.3 Å². The smallest absolute Gasteiger partial charge is 0.193 e. The van der Waals surface area contributed by atoms with Crippen LogP contribution < -0.4 is 5.32 Å². The predicted molar refractivity (Wildman–Crippen MR) is 59.0 cm³/mol. The van der Waals surface area contributed by atoms with Crippen LogP contribution in [0.5, 0.6) is 0 Å². The Kier molecular flexibility index (Phi) is 4.06. The quantitative estimate of drug-likeness (QED) is 0.730. The second-order valence-electron chi connectivity index (χ2n) is 3.90. The van der Waals surface area contributed by atoms with Gasteiger partial charge in [0.1, 0.15) is 5.76 Å². The first-order valence-electron chi connectivity index (χ1n) is 5.37. The molecule has 2 rings (SSSR count). The van der Waals surface area contributed by atoms with Gasteiger partial charge < -0.3 is 14.5 Å². The van der Waals surface area contributed by atoms with Crippen molar-refractivity contribution in [2.24, 2.45) is 5.92 Å². The van der Waals surface area contributed by atoms with Crippen molar-refractivity contribution >= 4 is 11.6 Å². The Morgan fingerprint density at radius 3 is 3.00 bits per heavy atom. The number of halogens is 1. The number of ether oxygens (including phenoxy) is 1. The fourth-order valence-electron chi connectivity index (χ4n) is 1.34. The van der Waals surface area contributed by atoms with Crippen molar-refractivity contribution in [3.63, 3.8) is 0 Å². The predicted octanol–water partition coefficient (Wildman–Crippen LogP) is 2.45. The molecule has 0 aromatic carbocycles. The molecule has 1 N–H and O–H groups in total. The van der Waals surface area contributed by atoms with Gasteiger partial charge in [-0.1, -0.05) is 0 Å². The summed E-state index contributed by atoms with van der Waals surface area (Å²) in [7, 11) is 0. The van der Waals surface area contributed by atoms with E-state index >= 15 is 0 Å². The molecule has 1 aromatic rings. The molecule has 0 amide bonds. The number of nitrogens with one attached hydrogen (secondary N) is 1. The van der Waals surface area contributed by atoms with Crippen LogP contribution in [0.4, 0.5) is 0 Å². The van der Waals surface area contributed by atoms with Crippen molar-refractivity contribution < 1.29 is 9.15 Å². The summed E-state index contributed by atoms with van der Waals surface area (Å²) in [4.78, 5) is 0. The summed E-state index contributed by atoms with van der Waals surface area (Å²) < 4.78 is 10.7. The van der Waals surface area contributed by atoms with Gasteiger partial charge in [0.25, 0.3) is 0 Å². The maximum atomic E-state index is 5.65. The topological polar surface area (TPSA) is 34.4 Å². The molecule has 4 heteroatoms. The summed E-state index contributed by atoms with van der Waals surface area (Å²) in [6.45, 7) is 3.25. The standard InChI is InChI=1S/C11H16ClNO2/c12-11-4-3-10(15-11)7-13-5-6-14-8-9-1-2-9/h3-4,9,13H,1-2,5-8H2. The second kappa shape index (κ2) is 5.54. The molecule has 84 valence electrons. The molecule has 1 heterocycles. The molecule has 0 atom stereocenters. The van der Waals surface area contributed by atoms with Crippen LogP contribution in [-0.4, -0.2) is 19.8 Å². The minimum absolute atomic E-state index is 0.441. The Morgan fingerprint density at radius 1 is 1.47 bits per heavy atom. The Hall–Kier alpha value is -0.510. The zero-order chi connectivity index (χ0) is 10.5. The Balaban J connectivity index is 1.47. The van der Waals surface area contributed by atoms with E-state index in [9.17, 15) is 0 Å². The molecule has 0 aliphatic heterocycles. The van der Waals surface area contributed by atoms with Crippen LogP contribution in [0.15, 0.2) is 16.5 Å². The van der Waals surface area contributed by atoms with Gasteiger partial charge in [0.2, 0.25) is 0 Å². The molecule has 0 radical (unpaired) electrons. The van der Waals surface area contributed by atoms with Gasteiger partial charge in [-0.3, -0.25) is 0 Å². The lowest BCUT2D eigenvalue weighted by molar-refractivity contribution is 0.125. The van der Waals surface area contributed by atoms with E-state index in [1.54, 1.807) is 6.07 Å². The Morgan fingerprint density at radius 2 is 2.33 bits per heavy atom. The average Bonchev–Trinajstić information content (AvgIpc) is 2.95. The van der Waals surface area contributed by atoms with Crippen molar-refractivity contribution in [3.05, 3.63) is 23.1 Å². The molecule has 1 aromatic heterocycles. The zero-order valence-corrected chi connectivity index (χ0v) is 9.43. The SMILES string of the molecule is Clc1ccc(CNCCOCC2CC2)o1. The van der Waals surface area contributed by atoms with E-state index in [1.165, 1.54) is 12.8 Å². The zero-order valence-electron chi connectivity index (χ0n) is 8.67. The van der Waals surface area contributed by atoms with Gasteiger partial charge in [-0.25, -0.2) is 0 Å². The van der Waals surface area contributed by atoms with E-state index in [0.29, 0.717) is 11.8 Å². The molecule has 0 unspecified atom stereocenters. The summed E-state index contributed by atoms with van der Waals surface area (Å²) in [6, 6.07) is 3.63.